The van der Waals surface area contributed by atoms with Gasteiger partial charge < -0.3 is 30.2 Å². The molecular weight excluding hydrogens is 572 g/mol. The average molecular weight is 615 g/mol. The fraction of sp³-hybridized carbons (Fsp3) is 0.484. The van der Waals surface area contributed by atoms with Gasteiger partial charge in [-0.2, -0.15) is 0 Å². The highest BCUT2D eigenvalue weighted by Gasteiger charge is 2.31. The van der Waals surface area contributed by atoms with E-state index >= 15 is 0 Å². The molecule has 43 heavy (non-hydrogen) atoms. The van der Waals surface area contributed by atoms with Gasteiger partial charge in [-0.25, -0.2) is 8.42 Å². The Morgan fingerprint density at radius 2 is 1.84 bits per heavy atom. The number of carbonyl (C=O) groups is 2. The van der Waals surface area contributed by atoms with Crippen molar-refractivity contribution in [2.24, 2.45) is 0 Å². The number of ether oxygens (including phenoxy) is 1. The van der Waals surface area contributed by atoms with Crippen molar-refractivity contribution in [1.82, 2.24) is 15.2 Å². The summed E-state index contributed by atoms with van der Waals surface area (Å²) < 4.78 is 35.2. The van der Waals surface area contributed by atoms with Gasteiger partial charge in [0.05, 0.1) is 29.1 Å². The van der Waals surface area contributed by atoms with Gasteiger partial charge in [0.15, 0.2) is 0 Å². The minimum Gasteiger partial charge on any atom is -0.483 e. The number of amides is 1. The number of carbonyl (C=O) groups excluding carboxylic acids is 1. The molecule has 12 heteroatoms. The summed E-state index contributed by atoms with van der Waals surface area (Å²) in [5.74, 6) is -0.307. The number of hydrogen-bond acceptors (Lipinski definition) is 7. The van der Waals surface area contributed by atoms with Crippen LogP contribution >= 0.6 is 0 Å². The standard InChI is InChI=1S/C30H40N4O5S.CH2O2/c1-3-33-20-22-12-15-40(37,38)34(4-2)27-18-23(17-26(33)29(22)27)30(36)32-25(16-21-8-6-5-7-9-21)28(35)19-31-24-10-13-39-14-11-24;2-1-3/h5-9,17-18,20,24-25,28,31,35H,3-4,10-16,19H2,1-2H3,(H,32,36);1H,(H,2,3)/t25-,28+;/m0./s1. The molecule has 0 bridgehead atoms. The van der Waals surface area contributed by atoms with Crippen molar-refractivity contribution >= 4 is 39.0 Å². The van der Waals surface area contributed by atoms with Crippen LogP contribution in [0.4, 0.5) is 5.69 Å². The Bertz CT molecular complexity index is 1490. The van der Waals surface area contributed by atoms with E-state index in [1.54, 1.807) is 6.07 Å². The molecule has 2 aliphatic heterocycles. The van der Waals surface area contributed by atoms with Crippen molar-refractivity contribution in [2.45, 2.75) is 64.3 Å². The number of hydrogen-bond donors (Lipinski definition) is 4. The molecule has 11 nitrogen and oxygen atoms in total. The predicted molar refractivity (Wildman–Crippen MR) is 166 cm³/mol. The summed E-state index contributed by atoms with van der Waals surface area (Å²) in [4.78, 5) is 22.2. The zero-order valence-electron chi connectivity index (χ0n) is 24.7. The average Bonchev–Trinajstić information content (AvgIpc) is 3.33. The van der Waals surface area contributed by atoms with Crippen molar-refractivity contribution in [1.29, 1.82) is 0 Å². The van der Waals surface area contributed by atoms with Crippen LogP contribution in [0.3, 0.4) is 0 Å². The third-order valence-electron chi connectivity index (χ3n) is 8.08. The Balaban J connectivity index is 0.00000135. The van der Waals surface area contributed by atoms with Crippen LogP contribution in [0.15, 0.2) is 48.7 Å². The molecule has 3 heterocycles. The lowest BCUT2D eigenvalue weighted by atomic mass is 9.99. The number of aliphatic hydroxyl groups is 1. The number of rotatable bonds is 10. The molecule has 0 unspecified atom stereocenters. The maximum absolute atomic E-state index is 13.8. The van der Waals surface area contributed by atoms with Gasteiger partial charge in [-0.1, -0.05) is 30.3 Å². The number of carboxylic acid groups (broad SMARTS) is 1. The van der Waals surface area contributed by atoms with Gasteiger partial charge in [-0.15, -0.1) is 0 Å². The van der Waals surface area contributed by atoms with E-state index in [1.165, 1.54) is 4.31 Å². The van der Waals surface area contributed by atoms with Crippen LogP contribution in [0, 0.1) is 0 Å². The normalized spacial score (nSPS) is 17.8. The van der Waals surface area contributed by atoms with Crippen LogP contribution in [0.1, 0.15) is 48.2 Å². The maximum Gasteiger partial charge on any atom is 0.290 e. The lowest BCUT2D eigenvalue weighted by Crippen LogP contribution is -2.50. The molecule has 4 N–H and O–H groups in total. The van der Waals surface area contributed by atoms with Crippen LogP contribution in [0.5, 0.6) is 0 Å². The molecule has 1 fully saturated rings. The molecule has 2 aromatic carbocycles. The van der Waals surface area contributed by atoms with Gasteiger partial charge in [0, 0.05) is 56.0 Å². The highest BCUT2D eigenvalue weighted by molar-refractivity contribution is 7.92. The SMILES string of the molecule is CCN1c2cc(C(=O)N[C@@H](Cc3ccccc3)[C@H](O)CNC3CCOCC3)cc3c2c(cn3CC)CCS1(=O)=O.O=CO. The maximum atomic E-state index is 13.8. The van der Waals surface area contributed by atoms with Crippen molar-refractivity contribution in [3.63, 3.8) is 0 Å². The molecule has 0 aliphatic carbocycles. The van der Waals surface area contributed by atoms with E-state index < -0.39 is 22.2 Å². The van der Waals surface area contributed by atoms with Gasteiger partial charge in [0.25, 0.3) is 12.4 Å². The topological polar surface area (TPSA) is 150 Å². The van der Waals surface area contributed by atoms with Crippen LogP contribution in [0.25, 0.3) is 10.9 Å². The minimum absolute atomic E-state index is 0.0331. The Hall–Kier alpha value is -3.45. The lowest BCUT2D eigenvalue weighted by Gasteiger charge is -2.29. The quantitative estimate of drug-likeness (QED) is 0.255. The van der Waals surface area contributed by atoms with Crippen molar-refractivity contribution in [2.75, 3.05) is 36.4 Å². The number of aliphatic hydroxyl groups excluding tert-OH is 1. The van der Waals surface area contributed by atoms with E-state index in [9.17, 15) is 18.3 Å². The molecule has 3 aromatic rings. The molecule has 5 rings (SSSR count). The van der Waals surface area contributed by atoms with E-state index in [-0.39, 0.29) is 30.7 Å². The summed E-state index contributed by atoms with van der Waals surface area (Å²) in [6.07, 6.45) is 3.86. The van der Waals surface area contributed by atoms with Crippen molar-refractivity contribution < 1.29 is 33.0 Å². The van der Waals surface area contributed by atoms with E-state index in [0.717, 1.165) is 34.9 Å². The van der Waals surface area contributed by atoms with Gasteiger partial charge in [-0.05, 0) is 62.8 Å². The van der Waals surface area contributed by atoms with Crippen LogP contribution < -0.4 is 14.9 Å². The largest absolute Gasteiger partial charge is 0.483 e. The molecule has 1 amide bonds. The van der Waals surface area contributed by atoms with Crippen LogP contribution in [0.2, 0.25) is 0 Å². The summed E-state index contributed by atoms with van der Waals surface area (Å²) >= 11 is 0. The molecule has 0 radical (unpaired) electrons. The first kappa shape index (κ1) is 32.5. The Kier molecular flexibility index (Phi) is 11.2. The van der Waals surface area contributed by atoms with E-state index in [2.05, 4.69) is 15.2 Å². The number of nitrogens with one attached hydrogen (secondary N) is 2. The number of sulfonamides is 1. The zero-order valence-corrected chi connectivity index (χ0v) is 25.6. The number of nitrogens with zero attached hydrogens (tertiary/aromatic N) is 2. The molecule has 1 saturated heterocycles. The Morgan fingerprint density at radius 3 is 2.49 bits per heavy atom. The van der Waals surface area contributed by atoms with Gasteiger partial charge in [0.1, 0.15) is 0 Å². The third-order valence-corrected chi connectivity index (χ3v) is 9.93. The smallest absolute Gasteiger partial charge is 0.290 e. The summed E-state index contributed by atoms with van der Waals surface area (Å²) in [6.45, 7) is 6.34. The van der Waals surface area contributed by atoms with Crippen LogP contribution in [-0.4, -0.2) is 85.8 Å². The summed E-state index contributed by atoms with van der Waals surface area (Å²) in [5.41, 5.74) is 3.76. The van der Waals surface area contributed by atoms with Crippen molar-refractivity contribution in [3.8, 4) is 0 Å². The minimum atomic E-state index is -3.52. The zero-order chi connectivity index (χ0) is 31.0. The van der Waals surface area contributed by atoms with Gasteiger partial charge in [-0.3, -0.25) is 13.9 Å². The molecule has 0 spiro atoms. The Morgan fingerprint density at radius 1 is 1.14 bits per heavy atom. The number of benzene rings is 2. The van der Waals surface area contributed by atoms with Crippen LogP contribution in [-0.2, 0) is 38.9 Å². The number of anilines is 1. The molecule has 234 valence electrons. The van der Waals surface area contributed by atoms with Crippen molar-refractivity contribution in [3.05, 3.63) is 65.4 Å². The summed E-state index contributed by atoms with van der Waals surface area (Å²) in [7, 11) is -3.52. The predicted octanol–water partition coefficient (Wildman–Crippen LogP) is 2.54. The number of aryl methyl sites for hydroxylation is 2. The highest BCUT2D eigenvalue weighted by Crippen LogP contribution is 2.37. The first-order valence-corrected chi connectivity index (χ1v) is 16.4. The van der Waals surface area contributed by atoms with E-state index in [0.29, 0.717) is 50.4 Å². The molecule has 2 atom stereocenters. The van der Waals surface area contributed by atoms with E-state index in [1.807, 2.05) is 56.4 Å². The first-order chi connectivity index (χ1) is 20.7. The second-order valence-electron chi connectivity index (χ2n) is 10.8. The molecule has 1 aromatic heterocycles. The lowest BCUT2D eigenvalue weighted by molar-refractivity contribution is -0.122. The highest BCUT2D eigenvalue weighted by atomic mass is 32.2. The molecule has 2 aliphatic rings. The Labute approximate surface area is 252 Å². The fourth-order valence-corrected chi connectivity index (χ4v) is 7.40. The fourth-order valence-electron chi connectivity index (χ4n) is 5.87. The first-order valence-electron chi connectivity index (χ1n) is 14.8. The summed E-state index contributed by atoms with van der Waals surface area (Å²) in [6, 6.07) is 13.1. The third kappa shape index (κ3) is 7.74. The summed E-state index contributed by atoms with van der Waals surface area (Å²) in [5, 5.41) is 25.6. The van der Waals surface area contributed by atoms with E-state index in [4.69, 9.17) is 14.6 Å². The van der Waals surface area contributed by atoms with Gasteiger partial charge >= 0.3 is 0 Å². The molecular formula is C31H42N4O7S. The second kappa shape index (κ2) is 14.8. The second-order valence-corrected chi connectivity index (χ2v) is 12.8. The number of aromatic nitrogens is 1. The monoisotopic (exact) mass is 614 g/mol. The molecule has 0 saturated carbocycles. The van der Waals surface area contributed by atoms with Gasteiger partial charge in [0.2, 0.25) is 10.0 Å².